The maximum atomic E-state index is 11.5. The molecule has 2 aromatic rings. The van der Waals surface area contributed by atoms with Crippen LogP contribution in [0.4, 0.5) is 17.1 Å². The number of hydrogen-bond acceptors (Lipinski definition) is 4. The van der Waals surface area contributed by atoms with Crippen LogP contribution >= 0.6 is 0 Å². The number of allylic oxidation sites excluding steroid dienone is 3. The first-order valence-corrected chi connectivity index (χ1v) is 10.3. The smallest absolute Gasteiger partial charge is 0.274 e. The summed E-state index contributed by atoms with van der Waals surface area (Å²) in [5, 5.41) is 11.5. The third-order valence-electron chi connectivity index (χ3n) is 5.03. The molecule has 0 radical (unpaired) electrons. The molecule has 0 saturated heterocycles. The van der Waals surface area contributed by atoms with E-state index in [1.807, 2.05) is 26.2 Å². The summed E-state index contributed by atoms with van der Waals surface area (Å²) in [6.07, 6.45) is 6.53. The van der Waals surface area contributed by atoms with Crippen LogP contribution in [-0.4, -0.2) is 25.6 Å². The molecule has 0 saturated carbocycles. The zero-order valence-corrected chi connectivity index (χ0v) is 18.8. The van der Waals surface area contributed by atoms with Gasteiger partial charge in [0.15, 0.2) is 0 Å². The van der Waals surface area contributed by atoms with Crippen LogP contribution in [-0.2, 0) is 6.54 Å². The molecule has 0 atom stereocenters. The first-order chi connectivity index (χ1) is 14.3. The second-order valence-electron chi connectivity index (χ2n) is 8.05. The van der Waals surface area contributed by atoms with Crippen molar-refractivity contribution >= 4 is 17.1 Å². The van der Waals surface area contributed by atoms with Crippen molar-refractivity contribution in [1.82, 2.24) is 0 Å². The highest BCUT2D eigenvalue weighted by atomic mass is 16.6. The van der Waals surface area contributed by atoms with Crippen molar-refractivity contribution in [3.05, 3.63) is 87.5 Å². The van der Waals surface area contributed by atoms with Crippen molar-refractivity contribution in [2.24, 2.45) is 0 Å². The highest BCUT2D eigenvalue weighted by Gasteiger charge is 2.16. The molecule has 0 bridgehead atoms. The number of rotatable bonds is 10. The van der Waals surface area contributed by atoms with Gasteiger partial charge in [-0.05, 0) is 57.9 Å². The van der Waals surface area contributed by atoms with Gasteiger partial charge in [-0.2, -0.15) is 0 Å². The Morgan fingerprint density at radius 2 is 1.60 bits per heavy atom. The van der Waals surface area contributed by atoms with Crippen LogP contribution in [0.1, 0.15) is 39.2 Å². The van der Waals surface area contributed by atoms with Gasteiger partial charge >= 0.3 is 0 Å². The van der Waals surface area contributed by atoms with Gasteiger partial charge in [-0.25, -0.2) is 0 Å². The summed E-state index contributed by atoms with van der Waals surface area (Å²) in [4.78, 5) is 15.4. The number of para-hydroxylation sites is 1. The largest absolute Gasteiger partial charge is 0.378 e. The van der Waals surface area contributed by atoms with E-state index in [0.29, 0.717) is 13.1 Å². The van der Waals surface area contributed by atoms with Gasteiger partial charge in [-0.15, -0.1) is 0 Å². The Hall–Kier alpha value is -3.08. The standard InChI is InChI=1S/C25H33N3O2/c1-20(2)9-8-10-21(3)17-18-27(24-15-13-23(14-16-24)26(4)5)19-22-11-6-7-12-25(22)28(29)30/h6-7,9,11-17H,8,10,18-19H2,1-5H3/b21-17+. The second-order valence-corrected chi connectivity index (χ2v) is 8.05. The molecule has 0 heterocycles. The van der Waals surface area contributed by atoms with E-state index in [9.17, 15) is 10.1 Å². The molecule has 0 fully saturated rings. The van der Waals surface area contributed by atoms with E-state index < -0.39 is 0 Å². The molecule has 0 aliphatic heterocycles. The highest BCUT2D eigenvalue weighted by molar-refractivity contribution is 5.57. The monoisotopic (exact) mass is 407 g/mol. The van der Waals surface area contributed by atoms with E-state index >= 15 is 0 Å². The zero-order valence-electron chi connectivity index (χ0n) is 18.8. The molecule has 0 amide bonds. The van der Waals surface area contributed by atoms with Crippen molar-refractivity contribution in [3.63, 3.8) is 0 Å². The molecule has 2 aromatic carbocycles. The van der Waals surface area contributed by atoms with Crippen LogP contribution in [0.5, 0.6) is 0 Å². The topological polar surface area (TPSA) is 49.6 Å². The quantitative estimate of drug-likeness (QED) is 0.261. The van der Waals surface area contributed by atoms with Crippen molar-refractivity contribution < 1.29 is 4.92 Å². The SMILES string of the molecule is CC(C)=CCC/C(C)=C/CN(Cc1ccccc1[N+](=O)[O-])c1ccc(N(C)C)cc1. The molecule has 0 N–H and O–H groups in total. The van der Waals surface area contributed by atoms with E-state index in [0.717, 1.165) is 29.8 Å². The Bertz CT molecular complexity index is 895. The Kier molecular flexibility index (Phi) is 8.66. The molecule has 0 aliphatic rings. The van der Waals surface area contributed by atoms with E-state index in [4.69, 9.17) is 0 Å². The van der Waals surface area contributed by atoms with Gasteiger partial charge in [0.2, 0.25) is 0 Å². The van der Waals surface area contributed by atoms with Crippen LogP contribution in [0, 0.1) is 10.1 Å². The van der Waals surface area contributed by atoms with Gasteiger partial charge in [0.25, 0.3) is 5.69 Å². The first kappa shape index (κ1) is 23.2. The van der Waals surface area contributed by atoms with E-state index in [2.05, 4.69) is 67.0 Å². The predicted octanol–water partition coefficient (Wildman–Crippen LogP) is 6.36. The van der Waals surface area contributed by atoms with Gasteiger partial charge in [0.05, 0.1) is 11.5 Å². The summed E-state index contributed by atoms with van der Waals surface area (Å²) < 4.78 is 0. The number of nitro groups is 1. The van der Waals surface area contributed by atoms with Crippen LogP contribution in [0.15, 0.2) is 71.8 Å². The Labute approximate surface area is 180 Å². The maximum absolute atomic E-state index is 11.5. The Morgan fingerprint density at radius 3 is 2.20 bits per heavy atom. The minimum absolute atomic E-state index is 0.164. The number of hydrogen-bond donors (Lipinski definition) is 0. The van der Waals surface area contributed by atoms with E-state index in [1.54, 1.807) is 12.1 Å². The predicted molar refractivity (Wildman–Crippen MR) is 127 cm³/mol. The summed E-state index contributed by atoms with van der Waals surface area (Å²) in [5.41, 5.74) is 5.71. The number of anilines is 2. The lowest BCUT2D eigenvalue weighted by Crippen LogP contribution is -2.23. The van der Waals surface area contributed by atoms with Crippen molar-refractivity contribution in [3.8, 4) is 0 Å². The van der Waals surface area contributed by atoms with Crippen molar-refractivity contribution in [2.75, 3.05) is 30.4 Å². The van der Waals surface area contributed by atoms with Crippen molar-refractivity contribution in [1.29, 1.82) is 0 Å². The number of nitro benzene ring substituents is 1. The molecule has 0 unspecified atom stereocenters. The van der Waals surface area contributed by atoms with Gasteiger partial charge < -0.3 is 9.80 Å². The third-order valence-corrected chi connectivity index (χ3v) is 5.03. The molecule has 2 rings (SSSR count). The minimum atomic E-state index is -0.302. The van der Waals surface area contributed by atoms with E-state index in [-0.39, 0.29) is 10.6 Å². The van der Waals surface area contributed by atoms with Crippen LogP contribution in [0.2, 0.25) is 0 Å². The van der Waals surface area contributed by atoms with Gasteiger partial charge in [-0.3, -0.25) is 10.1 Å². The average molecular weight is 408 g/mol. The second kappa shape index (κ2) is 11.2. The van der Waals surface area contributed by atoms with Crippen LogP contribution < -0.4 is 9.80 Å². The molecule has 5 heteroatoms. The normalized spacial score (nSPS) is 11.2. The lowest BCUT2D eigenvalue weighted by atomic mass is 10.1. The summed E-state index contributed by atoms with van der Waals surface area (Å²) in [6, 6.07) is 15.3. The highest BCUT2D eigenvalue weighted by Crippen LogP contribution is 2.25. The van der Waals surface area contributed by atoms with Crippen LogP contribution in [0.3, 0.4) is 0 Å². The Morgan fingerprint density at radius 1 is 0.967 bits per heavy atom. The summed E-state index contributed by atoms with van der Waals surface area (Å²) in [5.74, 6) is 0. The number of benzene rings is 2. The fraction of sp³-hybridized carbons (Fsp3) is 0.360. The van der Waals surface area contributed by atoms with Gasteiger partial charge in [0.1, 0.15) is 0 Å². The molecule has 160 valence electrons. The molecular formula is C25H33N3O2. The summed E-state index contributed by atoms with van der Waals surface area (Å²) >= 11 is 0. The van der Waals surface area contributed by atoms with Crippen LogP contribution in [0.25, 0.3) is 0 Å². The lowest BCUT2D eigenvalue weighted by Gasteiger charge is -2.25. The zero-order chi connectivity index (χ0) is 22.1. The van der Waals surface area contributed by atoms with Crippen molar-refractivity contribution in [2.45, 2.75) is 40.2 Å². The fourth-order valence-corrected chi connectivity index (χ4v) is 3.21. The first-order valence-electron chi connectivity index (χ1n) is 10.3. The minimum Gasteiger partial charge on any atom is -0.378 e. The molecule has 30 heavy (non-hydrogen) atoms. The lowest BCUT2D eigenvalue weighted by molar-refractivity contribution is -0.385. The molecule has 0 aliphatic carbocycles. The molecule has 5 nitrogen and oxygen atoms in total. The maximum Gasteiger partial charge on any atom is 0.274 e. The third kappa shape index (κ3) is 7.07. The molecular weight excluding hydrogens is 374 g/mol. The summed E-state index contributed by atoms with van der Waals surface area (Å²) in [6.45, 7) is 7.57. The Balaban J connectivity index is 2.26. The van der Waals surface area contributed by atoms with E-state index in [1.165, 1.54) is 11.1 Å². The fourth-order valence-electron chi connectivity index (χ4n) is 3.21. The average Bonchev–Trinajstić information content (AvgIpc) is 2.71. The van der Waals surface area contributed by atoms with Gasteiger partial charge in [0, 0.05) is 43.6 Å². The molecule has 0 aromatic heterocycles. The number of nitrogens with zero attached hydrogens (tertiary/aromatic N) is 3. The van der Waals surface area contributed by atoms with Gasteiger partial charge in [-0.1, -0.05) is 41.5 Å². The summed E-state index contributed by atoms with van der Waals surface area (Å²) in [7, 11) is 4.03. The molecule has 0 spiro atoms.